The molecule has 35 heavy (non-hydrogen) atoms. The van der Waals surface area contributed by atoms with E-state index >= 15 is 0 Å². The molecule has 3 rings (SSSR count). The van der Waals surface area contributed by atoms with Gasteiger partial charge < -0.3 is 0 Å². The molecular formula is C33H42F2. The third kappa shape index (κ3) is 8.30. The van der Waals surface area contributed by atoms with E-state index in [1.54, 1.807) is 12.1 Å². The van der Waals surface area contributed by atoms with E-state index in [4.69, 9.17) is 0 Å². The molecule has 0 saturated carbocycles. The summed E-state index contributed by atoms with van der Waals surface area (Å²) in [5, 5.41) is 0. The lowest BCUT2D eigenvalue weighted by atomic mass is 9.97. The van der Waals surface area contributed by atoms with Crippen LogP contribution in [-0.4, -0.2) is 0 Å². The van der Waals surface area contributed by atoms with E-state index in [0.29, 0.717) is 23.1 Å². The maximum Gasteiger partial charge on any atom is 0.166 e. The number of halogens is 2. The molecule has 0 aliphatic carbocycles. The summed E-state index contributed by atoms with van der Waals surface area (Å²) in [6.45, 7) is 4.37. The van der Waals surface area contributed by atoms with Crippen LogP contribution in [0.2, 0.25) is 0 Å². The summed E-state index contributed by atoms with van der Waals surface area (Å²) in [5.41, 5.74) is 5.13. The summed E-state index contributed by atoms with van der Waals surface area (Å²) < 4.78 is 29.3. The fourth-order valence-corrected chi connectivity index (χ4v) is 4.74. The van der Waals surface area contributed by atoms with Gasteiger partial charge in [0.1, 0.15) is 0 Å². The molecule has 3 aromatic carbocycles. The molecule has 0 N–H and O–H groups in total. The highest BCUT2D eigenvalue weighted by molar-refractivity contribution is 5.71. The predicted molar refractivity (Wildman–Crippen MR) is 147 cm³/mol. The van der Waals surface area contributed by atoms with Gasteiger partial charge >= 0.3 is 0 Å². The Morgan fingerprint density at radius 3 is 1.57 bits per heavy atom. The van der Waals surface area contributed by atoms with Crippen molar-refractivity contribution in [3.05, 3.63) is 83.4 Å². The average molecular weight is 477 g/mol. The first-order valence-corrected chi connectivity index (χ1v) is 13.8. The number of unbranched alkanes of at least 4 members (excludes halogenated alkanes) is 9. The van der Waals surface area contributed by atoms with Crippen molar-refractivity contribution in [3.8, 4) is 22.3 Å². The molecule has 0 bridgehead atoms. The lowest BCUT2D eigenvalue weighted by Crippen LogP contribution is -1.97. The highest BCUT2D eigenvalue weighted by Gasteiger charge is 2.14. The first-order valence-electron chi connectivity index (χ1n) is 13.8. The Labute approximate surface area is 211 Å². The maximum atomic E-state index is 14.8. The van der Waals surface area contributed by atoms with Crippen molar-refractivity contribution in [1.82, 2.24) is 0 Å². The van der Waals surface area contributed by atoms with Gasteiger partial charge in [-0.25, -0.2) is 8.78 Å². The molecule has 0 fully saturated rings. The van der Waals surface area contributed by atoms with Crippen molar-refractivity contribution in [1.29, 1.82) is 0 Å². The van der Waals surface area contributed by atoms with Gasteiger partial charge in [0.2, 0.25) is 0 Å². The molecule has 0 amide bonds. The highest BCUT2D eigenvalue weighted by Crippen LogP contribution is 2.30. The number of hydrogen-bond donors (Lipinski definition) is 0. The normalized spacial score (nSPS) is 11.2. The van der Waals surface area contributed by atoms with Crippen molar-refractivity contribution in [2.24, 2.45) is 0 Å². The van der Waals surface area contributed by atoms with E-state index in [1.807, 2.05) is 24.3 Å². The van der Waals surface area contributed by atoms with Crippen molar-refractivity contribution in [2.75, 3.05) is 0 Å². The van der Waals surface area contributed by atoms with Crippen LogP contribution in [0.4, 0.5) is 8.78 Å². The minimum absolute atomic E-state index is 0.328. The second-order valence-corrected chi connectivity index (χ2v) is 9.86. The molecule has 0 unspecified atom stereocenters. The van der Waals surface area contributed by atoms with Crippen LogP contribution < -0.4 is 0 Å². The molecule has 0 aliphatic heterocycles. The third-order valence-electron chi connectivity index (χ3n) is 7.01. The van der Waals surface area contributed by atoms with Gasteiger partial charge in [0.25, 0.3) is 0 Å². The van der Waals surface area contributed by atoms with Gasteiger partial charge in [-0.15, -0.1) is 0 Å². The minimum atomic E-state index is -0.739. The van der Waals surface area contributed by atoms with Crippen molar-refractivity contribution >= 4 is 0 Å². The molecule has 3 aromatic rings. The van der Waals surface area contributed by atoms with E-state index in [2.05, 4.69) is 38.1 Å². The Bertz CT molecular complexity index is 1000. The molecule has 0 heterocycles. The summed E-state index contributed by atoms with van der Waals surface area (Å²) in [5.74, 6) is -1.44. The molecular weight excluding hydrogens is 434 g/mol. The summed E-state index contributed by atoms with van der Waals surface area (Å²) in [7, 11) is 0. The average Bonchev–Trinajstić information content (AvgIpc) is 2.89. The number of hydrogen-bond acceptors (Lipinski definition) is 0. The van der Waals surface area contributed by atoms with Gasteiger partial charge in [-0.1, -0.05) is 132 Å². The van der Waals surface area contributed by atoms with Gasteiger partial charge in [-0.2, -0.15) is 0 Å². The summed E-state index contributed by atoms with van der Waals surface area (Å²) in [4.78, 5) is 0. The zero-order valence-electron chi connectivity index (χ0n) is 21.7. The number of benzene rings is 3. The number of aryl methyl sites for hydroxylation is 2. The fourth-order valence-electron chi connectivity index (χ4n) is 4.74. The van der Waals surface area contributed by atoms with Gasteiger partial charge in [-0.05, 0) is 53.5 Å². The Morgan fingerprint density at radius 1 is 0.457 bits per heavy atom. The fraction of sp³-hybridized carbons (Fsp3) is 0.455. The van der Waals surface area contributed by atoms with Crippen LogP contribution in [0.1, 0.15) is 95.6 Å². The molecule has 0 atom stereocenters. The first-order chi connectivity index (χ1) is 17.1. The topological polar surface area (TPSA) is 0 Å². The number of rotatable bonds is 15. The molecule has 188 valence electrons. The largest absolute Gasteiger partial charge is 0.203 e. The Morgan fingerprint density at radius 2 is 0.943 bits per heavy atom. The van der Waals surface area contributed by atoms with Crippen LogP contribution in [0.25, 0.3) is 22.3 Å². The maximum absolute atomic E-state index is 14.8. The quantitative estimate of drug-likeness (QED) is 0.191. The van der Waals surface area contributed by atoms with Crippen LogP contribution in [0.5, 0.6) is 0 Å². The molecule has 0 aromatic heterocycles. The predicted octanol–water partition coefficient (Wildman–Crippen LogP) is 10.7. The summed E-state index contributed by atoms with van der Waals surface area (Å²) in [6, 6.07) is 20.0. The first kappa shape index (κ1) is 27.1. The van der Waals surface area contributed by atoms with E-state index < -0.39 is 11.6 Å². The molecule has 0 saturated heterocycles. The third-order valence-corrected chi connectivity index (χ3v) is 7.01. The van der Waals surface area contributed by atoms with Crippen molar-refractivity contribution in [3.63, 3.8) is 0 Å². The lowest BCUT2D eigenvalue weighted by molar-refractivity contribution is 0.498. The molecule has 0 aliphatic rings. The van der Waals surface area contributed by atoms with Gasteiger partial charge in [-0.3, -0.25) is 0 Å². The van der Waals surface area contributed by atoms with Crippen molar-refractivity contribution in [2.45, 2.75) is 97.3 Å². The second-order valence-electron chi connectivity index (χ2n) is 9.86. The highest BCUT2D eigenvalue weighted by atomic mass is 19.2. The van der Waals surface area contributed by atoms with E-state index in [0.717, 1.165) is 36.8 Å². The minimum Gasteiger partial charge on any atom is -0.203 e. The molecule has 0 radical (unpaired) electrons. The smallest absolute Gasteiger partial charge is 0.166 e. The van der Waals surface area contributed by atoms with E-state index in [9.17, 15) is 8.78 Å². The molecule has 2 heteroatoms. The molecule has 0 nitrogen and oxygen atoms in total. The van der Waals surface area contributed by atoms with E-state index in [1.165, 1.54) is 56.9 Å². The SMILES string of the molecule is CCCCCCCCCCc1ccc(-c2ccc(-c3ccc(CCCCC)c(F)c3F)cc2)cc1. The van der Waals surface area contributed by atoms with Crippen LogP contribution in [-0.2, 0) is 12.8 Å². The Kier molecular flexibility index (Phi) is 11.5. The Hall–Kier alpha value is -2.48. The monoisotopic (exact) mass is 476 g/mol. The zero-order valence-corrected chi connectivity index (χ0v) is 21.7. The van der Waals surface area contributed by atoms with Gasteiger partial charge in [0.15, 0.2) is 11.6 Å². The lowest BCUT2D eigenvalue weighted by Gasteiger charge is -2.10. The molecule has 0 spiro atoms. The van der Waals surface area contributed by atoms with Crippen LogP contribution in [0, 0.1) is 11.6 Å². The van der Waals surface area contributed by atoms with Crippen LogP contribution >= 0.6 is 0 Å². The van der Waals surface area contributed by atoms with Gasteiger partial charge in [0.05, 0.1) is 0 Å². The Balaban J connectivity index is 1.54. The second kappa shape index (κ2) is 14.8. The summed E-state index contributed by atoms with van der Waals surface area (Å²) >= 11 is 0. The zero-order chi connectivity index (χ0) is 24.9. The standard InChI is InChI=1S/C33H42F2/c1-3-5-7-8-9-10-11-13-14-26-16-18-27(19-17-26)28-20-22-29(23-21-28)31-25-24-30(15-12-6-4-2)32(34)33(31)35/h16-25H,3-15H2,1-2H3. The van der Waals surface area contributed by atoms with E-state index in [-0.39, 0.29) is 0 Å². The summed E-state index contributed by atoms with van der Waals surface area (Å²) in [6.07, 6.45) is 15.4. The van der Waals surface area contributed by atoms with Crippen LogP contribution in [0.3, 0.4) is 0 Å². The van der Waals surface area contributed by atoms with Crippen LogP contribution in [0.15, 0.2) is 60.7 Å². The van der Waals surface area contributed by atoms with Crippen molar-refractivity contribution < 1.29 is 8.78 Å². The van der Waals surface area contributed by atoms with Gasteiger partial charge in [0, 0.05) is 5.56 Å².